The summed E-state index contributed by atoms with van der Waals surface area (Å²) in [5.41, 5.74) is -0.415. The fourth-order valence-electron chi connectivity index (χ4n) is 6.15. The summed E-state index contributed by atoms with van der Waals surface area (Å²) in [5, 5.41) is 32.0. The predicted octanol–water partition coefficient (Wildman–Crippen LogP) is 2.68. The Bertz CT molecular complexity index is 492. The molecule has 138 valence electrons. The van der Waals surface area contributed by atoms with E-state index in [0.717, 1.165) is 38.5 Å². The van der Waals surface area contributed by atoms with Crippen molar-refractivity contribution in [2.75, 3.05) is 0 Å². The second kappa shape index (κ2) is 6.37. The molecule has 4 nitrogen and oxygen atoms in total. The second-order valence-corrected chi connectivity index (χ2v) is 9.37. The molecule has 0 saturated heterocycles. The minimum absolute atomic E-state index is 0.0653. The molecular weight excluding hydrogens is 304 g/mol. The summed E-state index contributed by atoms with van der Waals surface area (Å²) >= 11 is 0. The molecule has 24 heavy (non-hydrogen) atoms. The number of hydrogen-bond donors (Lipinski definition) is 3. The van der Waals surface area contributed by atoms with Crippen LogP contribution in [0.3, 0.4) is 0 Å². The van der Waals surface area contributed by atoms with Crippen LogP contribution in [0.15, 0.2) is 0 Å². The number of rotatable bonds is 0. The van der Waals surface area contributed by atoms with Gasteiger partial charge in [0.2, 0.25) is 0 Å². The van der Waals surface area contributed by atoms with Gasteiger partial charge in [0.05, 0.1) is 18.3 Å². The molecule has 3 rings (SSSR count). The van der Waals surface area contributed by atoms with Crippen molar-refractivity contribution in [1.82, 2.24) is 0 Å². The van der Waals surface area contributed by atoms with E-state index < -0.39 is 12.2 Å². The third-order valence-corrected chi connectivity index (χ3v) is 7.99. The number of ketones is 1. The van der Waals surface area contributed by atoms with Crippen molar-refractivity contribution in [3.63, 3.8) is 0 Å². The molecule has 0 heterocycles. The van der Waals surface area contributed by atoms with Gasteiger partial charge in [0.15, 0.2) is 0 Å². The number of aliphatic hydroxyl groups is 3. The first kappa shape index (κ1) is 18.3. The van der Waals surface area contributed by atoms with Crippen LogP contribution < -0.4 is 0 Å². The average molecular weight is 338 g/mol. The first-order valence-electron chi connectivity index (χ1n) is 9.76. The molecule has 3 aliphatic rings. The van der Waals surface area contributed by atoms with Gasteiger partial charge in [-0.3, -0.25) is 4.79 Å². The highest BCUT2D eigenvalue weighted by Crippen LogP contribution is 2.54. The molecule has 0 aromatic rings. The van der Waals surface area contributed by atoms with Gasteiger partial charge in [-0.1, -0.05) is 27.2 Å². The highest BCUT2D eigenvalue weighted by molar-refractivity contribution is 5.87. The summed E-state index contributed by atoms with van der Waals surface area (Å²) in [4.78, 5) is 12.6. The highest BCUT2D eigenvalue weighted by atomic mass is 16.3. The molecule has 0 aliphatic heterocycles. The number of aliphatic hydroxyl groups excluding tert-OH is 3. The Hall–Kier alpha value is -0.450. The van der Waals surface area contributed by atoms with Crippen molar-refractivity contribution in [2.45, 2.75) is 90.4 Å². The van der Waals surface area contributed by atoms with E-state index in [1.54, 1.807) is 0 Å². The maximum Gasteiger partial charge on any atom is 0.139 e. The Kier molecular flexibility index (Phi) is 4.87. The number of fused-ring (bicyclic) bond motifs is 2. The van der Waals surface area contributed by atoms with Gasteiger partial charge >= 0.3 is 0 Å². The van der Waals surface area contributed by atoms with Gasteiger partial charge in [0.25, 0.3) is 0 Å². The van der Waals surface area contributed by atoms with Crippen molar-refractivity contribution < 1.29 is 20.1 Å². The number of carbonyl (C=O) groups is 1. The lowest BCUT2D eigenvalue weighted by atomic mass is 9.58. The molecule has 0 radical (unpaired) electrons. The van der Waals surface area contributed by atoms with Crippen molar-refractivity contribution in [1.29, 1.82) is 0 Å². The van der Waals surface area contributed by atoms with Crippen LogP contribution in [-0.4, -0.2) is 39.4 Å². The first-order chi connectivity index (χ1) is 11.2. The molecule has 3 fully saturated rings. The Morgan fingerprint density at radius 2 is 1.67 bits per heavy atom. The van der Waals surface area contributed by atoms with E-state index in [0.29, 0.717) is 18.6 Å². The molecule has 0 aromatic heterocycles. The van der Waals surface area contributed by atoms with Crippen molar-refractivity contribution >= 4 is 5.78 Å². The lowest BCUT2D eigenvalue weighted by Gasteiger charge is -2.49. The summed E-state index contributed by atoms with van der Waals surface area (Å²) in [5.74, 6) is 0.313. The molecule has 4 heteroatoms. The Balaban J connectivity index is 1.93. The zero-order valence-electron chi connectivity index (χ0n) is 15.4. The van der Waals surface area contributed by atoms with Crippen LogP contribution in [0.25, 0.3) is 0 Å². The van der Waals surface area contributed by atoms with E-state index in [1.807, 2.05) is 6.92 Å². The predicted molar refractivity (Wildman–Crippen MR) is 92.3 cm³/mol. The van der Waals surface area contributed by atoms with Crippen LogP contribution in [0, 0.1) is 28.6 Å². The van der Waals surface area contributed by atoms with E-state index in [1.165, 1.54) is 0 Å². The van der Waals surface area contributed by atoms with Gasteiger partial charge in [0.1, 0.15) is 5.78 Å². The van der Waals surface area contributed by atoms with Crippen LogP contribution in [-0.2, 0) is 4.79 Å². The van der Waals surface area contributed by atoms with Crippen LogP contribution in [0.5, 0.6) is 0 Å². The maximum absolute atomic E-state index is 12.6. The summed E-state index contributed by atoms with van der Waals surface area (Å²) in [6.07, 6.45) is 4.45. The molecule has 8 atom stereocenters. The van der Waals surface area contributed by atoms with Crippen molar-refractivity contribution in [3.8, 4) is 0 Å². The van der Waals surface area contributed by atoms with Crippen LogP contribution in [0.4, 0.5) is 0 Å². The highest BCUT2D eigenvalue weighted by Gasteiger charge is 2.53. The second-order valence-electron chi connectivity index (χ2n) is 9.37. The first-order valence-corrected chi connectivity index (χ1v) is 9.76. The smallest absolute Gasteiger partial charge is 0.139 e. The number of hydrogen-bond acceptors (Lipinski definition) is 4. The maximum atomic E-state index is 12.6. The van der Waals surface area contributed by atoms with Gasteiger partial charge in [0, 0.05) is 11.8 Å². The van der Waals surface area contributed by atoms with E-state index in [4.69, 9.17) is 0 Å². The fraction of sp³-hybridized carbons (Fsp3) is 0.950. The largest absolute Gasteiger partial charge is 0.393 e. The van der Waals surface area contributed by atoms with Crippen molar-refractivity contribution in [3.05, 3.63) is 0 Å². The Morgan fingerprint density at radius 3 is 2.38 bits per heavy atom. The average Bonchev–Trinajstić information content (AvgIpc) is 2.83. The summed E-state index contributed by atoms with van der Waals surface area (Å²) in [6, 6.07) is 0. The molecular formula is C20H34O4. The number of carbonyl (C=O) groups excluding carboxylic acids is 1. The molecule has 0 bridgehead atoms. The van der Waals surface area contributed by atoms with E-state index in [9.17, 15) is 20.1 Å². The monoisotopic (exact) mass is 338 g/mol. The fourth-order valence-corrected chi connectivity index (χ4v) is 6.15. The normalized spacial score (nSPS) is 53.3. The van der Waals surface area contributed by atoms with Crippen LogP contribution >= 0.6 is 0 Å². The zero-order chi connectivity index (χ0) is 17.7. The SMILES string of the molecule is CC1C2CCC(=O)[C@@]2(C)CCC[C@@]2(C)CC[C@H](O)CC2[C@@H](O)[C@@H]1O. The standard InChI is InChI=1S/C20H34O4/c1-12-14-5-6-16(22)20(14,3)9-4-8-19(2)10-7-13(21)11-15(19)18(24)17(12)23/h12-15,17-18,21,23-24H,4-11H2,1-3H3/t12?,13-,14?,15?,17+,18+,19-,20-/m0/s1. The third kappa shape index (κ3) is 2.85. The Morgan fingerprint density at radius 1 is 0.958 bits per heavy atom. The summed E-state index contributed by atoms with van der Waals surface area (Å²) < 4.78 is 0. The van der Waals surface area contributed by atoms with E-state index in [2.05, 4.69) is 13.8 Å². The summed E-state index contributed by atoms with van der Waals surface area (Å²) in [7, 11) is 0. The molecule has 0 spiro atoms. The lowest BCUT2D eigenvalue weighted by Crippen LogP contribution is -2.51. The molecule has 0 aromatic carbocycles. The van der Waals surface area contributed by atoms with Gasteiger partial charge in [-0.15, -0.1) is 0 Å². The minimum atomic E-state index is -0.826. The molecule has 3 N–H and O–H groups in total. The quantitative estimate of drug-likeness (QED) is 0.634. The van der Waals surface area contributed by atoms with Gasteiger partial charge in [-0.25, -0.2) is 0 Å². The number of Topliss-reactive ketones (excluding diaryl/α,β-unsaturated/α-hetero) is 1. The molecule has 3 unspecified atom stereocenters. The lowest BCUT2D eigenvalue weighted by molar-refractivity contribution is -0.138. The Labute approximate surface area is 145 Å². The third-order valence-electron chi connectivity index (χ3n) is 7.99. The molecule has 3 aliphatic carbocycles. The van der Waals surface area contributed by atoms with E-state index in [-0.39, 0.29) is 34.7 Å². The molecule has 0 amide bonds. The summed E-state index contributed by atoms with van der Waals surface area (Å²) in [6.45, 7) is 6.27. The van der Waals surface area contributed by atoms with Gasteiger partial charge in [-0.05, 0) is 61.7 Å². The van der Waals surface area contributed by atoms with Crippen LogP contribution in [0.1, 0.15) is 72.1 Å². The van der Waals surface area contributed by atoms with Gasteiger partial charge in [-0.2, -0.15) is 0 Å². The zero-order valence-corrected chi connectivity index (χ0v) is 15.4. The van der Waals surface area contributed by atoms with E-state index >= 15 is 0 Å². The molecule has 3 saturated carbocycles. The van der Waals surface area contributed by atoms with Crippen LogP contribution in [0.2, 0.25) is 0 Å². The topological polar surface area (TPSA) is 77.8 Å². The minimum Gasteiger partial charge on any atom is -0.393 e. The van der Waals surface area contributed by atoms with Gasteiger partial charge < -0.3 is 15.3 Å². The van der Waals surface area contributed by atoms with Crippen molar-refractivity contribution in [2.24, 2.45) is 28.6 Å².